The van der Waals surface area contributed by atoms with Crippen LogP contribution in [0.5, 0.6) is 0 Å². The van der Waals surface area contributed by atoms with Crippen LogP contribution in [0.1, 0.15) is 73.6 Å². The fourth-order valence-electron chi connectivity index (χ4n) is 5.48. The van der Waals surface area contributed by atoms with Gasteiger partial charge in [-0.2, -0.15) is 0 Å². The summed E-state index contributed by atoms with van der Waals surface area (Å²) in [5, 5.41) is 0.280. The molecule has 3 rings (SSSR count). The largest absolute Gasteiger partial charge is 0.413 e. The zero-order valence-corrected chi connectivity index (χ0v) is 17.0. The maximum Gasteiger partial charge on any atom is 0.192 e. The highest BCUT2D eigenvalue weighted by Gasteiger charge is 2.80. The molecule has 22 heavy (non-hydrogen) atoms. The molecule has 0 bridgehead atoms. The molecule has 0 radical (unpaired) electrons. The topological polar surface area (TPSA) is 21.8 Å². The number of hydrogen-bond acceptors (Lipinski definition) is 2. The molecule has 1 heterocycles. The van der Waals surface area contributed by atoms with Gasteiger partial charge in [-0.25, -0.2) is 0 Å². The molecule has 0 aromatic carbocycles. The van der Waals surface area contributed by atoms with E-state index >= 15 is 0 Å². The lowest BCUT2D eigenvalue weighted by molar-refractivity contribution is -0.0775. The summed E-state index contributed by atoms with van der Waals surface area (Å²) in [6.07, 6.45) is 6.65. The Balaban J connectivity index is 1.91. The second-order valence-corrected chi connectivity index (χ2v) is 14.9. The Bertz CT molecular complexity index is 469. The van der Waals surface area contributed by atoms with E-state index < -0.39 is 8.32 Å². The van der Waals surface area contributed by atoms with Gasteiger partial charge in [0.25, 0.3) is 0 Å². The van der Waals surface area contributed by atoms with Crippen molar-refractivity contribution in [2.75, 3.05) is 0 Å². The summed E-state index contributed by atoms with van der Waals surface area (Å²) < 4.78 is 13.5. The van der Waals surface area contributed by atoms with Gasteiger partial charge in [-0.3, -0.25) is 0 Å². The highest BCUT2D eigenvalue weighted by Crippen LogP contribution is 2.72. The number of rotatable bonds is 2. The van der Waals surface area contributed by atoms with E-state index in [0.717, 1.165) is 0 Å². The quantitative estimate of drug-likeness (QED) is 0.492. The van der Waals surface area contributed by atoms with Crippen molar-refractivity contribution in [1.82, 2.24) is 0 Å². The second-order valence-electron chi connectivity index (χ2n) is 10.2. The maximum absolute atomic E-state index is 6.96. The van der Waals surface area contributed by atoms with E-state index in [-0.39, 0.29) is 21.7 Å². The SMILES string of the molecule is C[C@@H]1CCC[C@]2(C)[C@@H](O[Si](C)(C)C(C)(C)C)CC[C@@]3(C)O[C@]132. The highest BCUT2D eigenvalue weighted by molar-refractivity contribution is 6.74. The Morgan fingerprint density at radius 1 is 1.09 bits per heavy atom. The van der Waals surface area contributed by atoms with E-state index in [1.54, 1.807) is 0 Å². The van der Waals surface area contributed by atoms with E-state index in [9.17, 15) is 0 Å². The van der Waals surface area contributed by atoms with Crippen molar-refractivity contribution in [3.8, 4) is 0 Å². The first-order chi connectivity index (χ1) is 9.90. The Kier molecular flexibility index (Phi) is 3.55. The molecular weight excluding hydrogens is 288 g/mol. The van der Waals surface area contributed by atoms with E-state index in [1.807, 2.05) is 0 Å². The average molecular weight is 325 g/mol. The van der Waals surface area contributed by atoms with Crippen LogP contribution in [0.4, 0.5) is 0 Å². The van der Waals surface area contributed by atoms with Gasteiger partial charge in [0.1, 0.15) is 5.60 Å². The Morgan fingerprint density at radius 2 is 1.73 bits per heavy atom. The van der Waals surface area contributed by atoms with Crippen molar-refractivity contribution in [2.45, 2.75) is 109 Å². The Labute approximate surface area is 138 Å². The van der Waals surface area contributed by atoms with Gasteiger partial charge in [0.15, 0.2) is 8.32 Å². The molecule has 3 aliphatic rings. The molecule has 0 unspecified atom stereocenters. The van der Waals surface area contributed by atoms with E-state index in [4.69, 9.17) is 9.16 Å². The average Bonchev–Trinajstić information content (AvgIpc) is 3.00. The predicted molar refractivity (Wildman–Crippen MR) is 94.6 cm³/mol. The standard InChI is InChI=1S/C19H36O2Si/c1-14-10-9-12-17(5)15(20-22(7,8)16(2,3)4)11-13-18(6)19(14,17)21-18/h14-15H,9-13H2,1-8H3/t14-,15+,17-,18-,19+/m1/s1. The molecule has 1 saturated heterocycles. The van der Waals surface area contributed by atoms with E-state index in [2.05, 4.69) is 54.6 Å². The third kappa shape index (κ3) is 1.97. The fraction of sp³-hybridized carbons (Fsp3) is 1.00. The summed E-state index contributed by atoms with van der Waals surface area (Å²) in [7, 11) is -1.73. The molecule has 0 aromatic rings. The molecule has 3 heteroatoms. The van der Waals surface area contributed by atoms with Crippen molar-refractivity contribution in [1.29, 1.82) is 0 Å². The molecular formula is C19H36O2Si. The molecule has 2 nitrogen and oxygen atoms in total. The minimum atomic E-state index is -1.73. The third-order valence-corrected chi connectivity index (χ3v) is 12.3. The lowest BCUT2D eigenvalue weighted by Crippen LogP contribution is -2.61. The molecule has 2 saturated carbocycles. The minimum Gasteiger partial charge on any atom is -0.413 e. The second kappa shape index (κ2) is 4.61. The molecule has 5 atom stereocenters. The normalized spacial score (nSPS) is 48.5. The molecule has 128 valence electrons. The third-order valence-electron chi connectivity index (χ3n) is 7.84. The monoisotopic (exact) mass is 324 g/mol. The summed E-state index contributed by atoms with van der Waals surface area (Å²) in [6.45, 7) is 19.1. The first-order valence-electron chi connectivity index (χ1n) is 9.28. The molecule has 0 aromatic heterocycles. The maximum atomic E-state index is 6.96. The van der Waals surface area contributed by atoms with Crippen molar-refractivity contribution in [3.05, 3.63) is 0 Å². The minimum absolute atomic E-state index is 0.0868. The van der Waals surface area contributed by atoms with Crippen LogP contribution in [0.3, 0.4) is 0 Å². The van der Waals surface area contributed by atoms with E-state index in [0.29, 0.717) is 12.0 Å². The summed E-state index contributed by atoms with van der Waals surface area (Å²) in [5.74, 6) is 0.669. The van der Waals surface area contributed by atoms with Gasteiger partial charge in [-0.1, -0.05) is 41.0 Å². The van der Waals surface area contributed by atoms with Crippen LogP contribution in [0, 0.1) is 11.3 Å². The van der Waals surface area contributed by atoms with Gasteiger partial charge < -0.3 is 9.16 Å². The summed E-state index contributed by atoms with van der Waals surface area (Å²) in [4.78, 5) is 0. The van der Waals surface area contributed by atoms with Crippen LogP contribution in [-0.4, -0.2) is 25.6 Å². The first-order valence-corrected chi connectivity index (χ1v) is 12.2. The smallest absolute Gasteiger partial charge is 0.192 e. The number of epoxide rings is 1. The highest BCUT2D eigenvalue weighted by atomic mass is 28.4. The predicted octanol–water partition coefficient (Wildman–Crippen LogP) is 5.52. The van der Waals surface area contributed by atoms with Gasteiger partial charge in [0.2, 0.25) is 0 Å². The van der Waals surface area contributed by atoms with Gasteiger partial charge in [-0.15, -0.1) is 0 Å². The molecule has 1 spiro atoms. The van der Waals surface area contributed by atoms with Crippen molar-refractivity contribution < 1.29 is 9.16 Å². The van der Waals surface area contributed by atoms with Gasteiger partial charge >= 0.3 is 0 Å². The summed E-state index contributed by atoms with van der Waals surface area (Å²) >= 11 is 0. The van der Waals surface area contributed by atoms with Crippen LogP contribution in [0.2, 0.25) is 18.1 Å². The molecule has 2 aliphatic carbocycles. The zero-order chi connectivity index (χ0) is 16.6. The summed E-state index contributed by atoms with van der Waals surface area (Å²) in [6, 6.07) is 0. The fourth-order valence-corrected chi connectivity index (χ4v) is 6.93. The first kappa shape index (κ1) is 17.0. The van der Waals surface area contributed by atoms with Crippen molar-refractivity contribution in [3.63, 3.8) is 0 Å². The van der Waals surface area contributed by atoms with E-state index in [1.165, 1.54) is 32.1 Å². The van der Waals surface area contributed by atoms with Crippen LogP contribution in [0.15, 0.2) is 0 Å². The van der Waals surface area contributed by atoms with Gasteiger partial charge in [0, 0.05) is 5.41 Å². The number of hydrogen-bond donors (Lipinski definition) is 0. The lowest BCUT2D eigenvalue weighted by Gasteiger charge is -2.54. The molecule has 1 aliphatic heterocycles. The van der Waals surface area contributed by atoms with Gasteiger partial charge in [-0.05, 0) is 56.7 Å². The molecule has 0 N–H and O–H groups in total. The van der Waals surface area contributed by atoms with Crippen LogP contribution < -0.4 is 0 Å². The zero-order valence-electron chi connectivity index (χ0n) is 16.0. The van der Waals surface area contributed by atoms with Crippen molar-refractivity contribution in [2.24, 2.45) is 11.3 Å². The Morgan fingerprint density at radius 3 is 2.32 bits per heavy atom. The van der Waals surface area contributed by atoms with Gasteiger partial charge in [0.05, 0.1) is 11.7 Å². The van der Waals surface area contributed by atoms with Crippen LogP contribution >= 0.6 is 0 Å². The Hall–Kier alpha value is 0.137. The number of ether oxygens (including phenoxy) is 1. The van der Waals surface area contributed by atoms with Crippen LogP contribution in [0.25, 0.3) is 0 Å². The molecule has 3 fully saturated rings. The lowest BCUT2D eigenvalue weighted by atomic mass is 9.52. The van der Waals surface area contributed by atoms with Crippen molar-refractivity contribution >= 4 is 8.32 Å². The van der Waals surface area contributed by atoms with Crippen LogP contribution in [-0.2, 0) is 9.16 Å². The summed E-state index contributed by atoms with van der Waals surface area (Å²) in [5.41, 5.74) is 0.408. The molecule has 0 amide bonds.